The van der Waals surface area contributed by atoms with E-state index in [4.69, 9.17) is 0 Å². The molecule has 17 heavy (non-hydrogen) atoms. The third-order valence-corrected chi connectivity index (χ3v) is 5.62. The highest BCUT2D eigenvalue weighted by atomic mass is 32.2. The molecule has 0 fully saturated rings. The van der Waals surface area contributed by atoms with E-state index in [0.717, 1.165) is 0 Å². The van der Waals surface area contributed by atoms with Crippen LogP contribution in [0.15, 0.2) is 0 Å². The second-order valence-corrected chi connectivity index (χ2v) is 8.90. The largest absolute Gasteiger partial charge is 0.313 e. The number of nitrogens with one attached hydrogen (secondary N) is 2. The third kappa shape index (κ3) is 7.28. The van der Waals surface area contributed by atoms with Crippen LogP contribution in [-0.4, -0.2) is 43.8 Å². The molecule has 1 unspecified atom stereocenters. The van der Waals surface area contributed by atoms with Gasteiger partial charge in [0.25, 0.3) is 0 Å². The van der Waals surface area contributed by atoms with E-state index in [2.05, 4.69) is 10.0 Å². The van der Waals surface area contributed by atoms with Gasteiger partial charge >= 0.3 is 0 Å². The fourth-order valence-electron chi connectivity index (χ4n) is 1.00. The molecule has 0 spiro atoms. The minimum atomic E-state index is -3.23. The summed E-state index contributed by atoms with van der Waals surface area (Å²) < 4.78 is 26.5. The lowest BCUT2D eigenvalue weighted by molar-refractivity contribution is 0.535. The fraction of sp³-hybridized carbons (Fsp3) is 1.00. The third-order valence-electron chi connectivity index (χ3n) is 2.59. The molecule has 0 radical (unpaired) electrons. The molecule has 0 aromatic rings. The van der Waals surface area contributed by atoms with Crippen LogP contribution in [0.3, 0.4) is 0 Å². The minimum absolute atomic E-state index is 0.0712. The van der Waals surface area contributed by atoms with Crippen molar-refractivity contribution in [3.05, 3.63) is 0 Å². The molecule has 1 atom stereocenters. The Hall–Kier alpha value is 0.220. The molecular formula is C11H26N2O2S2. The fourth-order valence-corrected chi connectivity index (χ4v) is 2.47. The lowest BCUT2D eigenvalue weighted by Gasteiger charge is -2.24. The van der Waals surface area contributed by atoms with Crippen LogP contribution < -0.4 is 10.0 Å². The summed E-state index contributed by atoms with van der Waals surface area (Å²) in [5, 5.41) is 2.72. The Balaban J connectivity index is 4.28. The molecule has 0 aliphatic rings. The van der Waals surface area contributed by atoms with Crippen LogP contribution in [0.2, 0.25) is 0 Å². The lowest BCUT2D eigenvalue weighted by atomic mass is 10.2. The molecular weight excluding hydrogens is 256 g/mol. The lowest BCUT2D eigenvalue weighted by Crippen LogP contribution is -2.44. The van der Waals surface area contributed by atoms with Gasteiger partial charge in [-0.1, -0.05) is 13.8 Å². The van der Waals surface area contributed by atoms with Gasteiger partial charge in [0.1, 0.15) is 0 Å². The maximum absolute atomic E-state index is 11.9. The van der Waals surface area contributed by atoms with Gasteiger partial charge in [-0.25, -0.2) is 13.1 Å². The Bertz CT molecular complexity index is 313. The SMILES string of the molecule is CSC(C)(C)CNS(=O)(=O)C(C)CNC(C)C. The average molecular weight is 282 g/mol. The molecule has 0 aliphatic heterocycles. The van der Waals surface area contributed by atoms with E-state index in [1.165, 1.54) is 0 Å². The number of hydrogen-bond acceptors (Lipinski definition) is 4. The Morgan fingerprint density at radius 1 is 1.24 bits per heavy atom. The molecule has 104 valence electrons. The molecule has 0 aromatic heterocycles. The Morgan fingerprint density at radius 2 is 1.76 bits per heavy atom. The van der Waals surface area contributed by atoms with Crippen molar-refractivity contribution in [1.29, 1.82) is 0 Å². The summed E-state index contributed by atoms with van der Waals surface area (Å²) in [6.07, 6.45) is 1.98. The van der Waals surface area contributed by atoms with Crippen LogP contribution in [0.5, 0.6) is 0 Å². The molecule has 2 N–H and O–H groups in total. The van der Waals surface area contributed by atoms with Crippen LogP contribution >= 0.6 is 11.8 Å². The molecule has 0 rings (SSSR count). The van der Waals surface area contributed by atoms with Crippen molar-refractivity contribution in [2.24, 2.45) is 0 Å². The van der Waals surface area contributed by atoms with E-state index in [9.17, 15) is 8.42 Å². The summed E-state index contributed by atoms with van der Waals surface area (Å²) in [5.74, 6) is 0. The summed E-state index contributed by atoms with van der Waals surface area (Å²) in [6.45, 7) is 10.7. The monoisotopic (exact) mass is 282 g/mol. The van der Waals surface area contributed by atoms with Gasteiger partial charge in [0, 0.05) is 23.9 Å². The van der Waals surface area contributed by atoms with Gasteiger partial charge in [-0.05, 0) is 27.0 Å². The maximum atomic E-state index is 11.9. The second-order valence-electron chi connectivity index (χ2n) is 5.20. The number of thioether (sulfide) groups is 1. The maximum Gasteiger partial charge on any atom is 0.215 e. The van der Waals surface area contributed by atoms with Crippen molar-refractivity contribution in [3.63, 3.8) is 0 Å². The smallest absolute Gasteiger partial charge is 0.215 e. The van der Waals surface area contributed by atoms with Gasteiger partial charge in [-0.15, -0.1) is 0 Å². The molecule has 0 aromatic carbocycles. The molecule has 0 bridgehead atoms. The van der Waals surface area contributed by atoms with Crippen LogP contribution in [0.25, 0.3) is 0 Å². The highest BCUT2D eigenvalue weighted by molar-refractivity contribution is 8.00. The van der Waals surface area contributed by atoms with Crippen molar-refractivity contribution < 1.29 is 8.42 Å². The second kappa shape index (κ2) is 6.97. The number of rotatable bonds is 8. The average Bonchev–Trinajstić information content (AvgIpc) is 2.23. The van der Waals surface area contributed by atoms with Gasteiger partial charge in [0.2, 0.25) is 10.0 Å². The van der Waals surface area contributed by atoms with Crippen molar-refractivity contribution in [1.82, 2.24) is 10.0 Å². The summed E-state index contributed by atoms with van der Waals surface area (Å²) in [4.78, 5) is 0. The first-order valence-corrected chi connectivity index (χ1v) is 8.65. The van der Waals surface area contributed by atoms with E-state index >= 15 is 0 Å². The van der Waals surface area contributed by atoms with E-state index in [1.54, 1.807) is 18.7 Å². The van der Waals surface area contributed by atoms with Crippen molar-refractivity contribution in [2.45, 2.75) is 50.7 Å². The normalized spacial score (nSPS) is 15.2. The number of sulfonamides is 1. The zero-order chi connectivity index (χ0) is 13.7. The summed E-state index contributed by atoms with van der Waals surface area (Å²) in [7, 11) is -3.23. The highest BCUT2D eigenvalue weighted by Crippen LogP contribution is 2.20. The van der Waals surface area contributed by atoms with Gasteiger partial charge in [-0.3, -0.25) is 0 Å². The standard InChI is InChI=1S/C11H26N2O2S2/c1-9(2)12-7-10(3)17(14,15)13-8-11(4,5)16-6/h9-10,12-13H,7-8H2,1-6H3. The van der Waals surface area contributed by atoms with Crippen LogP contribution in [0.1, 0.15) is 34.6 Å². The van der Waals surface area contributed by atoms with Gasteiger partial charge in [0.05, 0.1) is 5.25 Å². The van der Waals surface area contributed by atoms with E-state index in [1.807, 2.05) is 34.0 Å². The Morgan fingerprint density at radius 3 is 2.18 bits per heavy atom. The molecule has 4 nitrogen and oxygen atoms in total. The van der Waals surface area contributed by atoms with Gasteiger partial charge in [-0.2, -0.15) is 11.8 Å². The minimum Gasteiger partial charge on any atom is -0.313 e. The molecule has 0 saturated carbocycles. The van der Waals surface area contributed by atoms with E-state index < -0.39 is 15.3 Å². The van der Waals surface area contributed by atoms with Crippen molar-refractivity contribution in [2.75, 3.05) is 19.3 Å². The zero-order valence-electron chi connectivity index (χ0n) is 11.7. The zero-order valence-corrected chi connectivity index (χ0v) is 13.3. The summed E-state index contributed by atoms with van der Waals surface area (Å²) in [6, 6.07) is 0.301. The van der Waals surface area contributed by atoms with Crippen LogP contribution in [0.4, 0.5) is 0 Å². The first-order chi connectivity index (χ1) is 7.60. The first-order valence-electron chi connectivity index (χ1n) is 5.88. The van der Waals surface area contributed by atoms with Gasteiger partial charge < -0.3 is 5.32 Å². The predicted octanol–water partition coefficient (Wildman–Crippen LogP) is 1.43. The molecule has 0 heterocycles. The topological polar surface area (TPSA) is 58.2 Å². The Kier molecular flexibility index (Phi) is 7.06. The highest BCUT2D eigenvalue weighted by Gasteiger charge is 2.24. The van der Waals surface area contributed by atoms with Crippen molar-refractivity contribution in [3.8, 4) is 0 Å². The summed E-state index contributed by atoms with van der Waals surface area (Å²) in [5.41, 5.74) is 0. The predicted molar refractivity (Wildman–Crippen MR) is 77.1 cm³/mol. The molecule has 0 aliphatic carbocycles. The van der Waals surface area contributed by atoms with Gasteiger partial charge in [0.15, 0.2) is 0 Å². The Labute approximate surface area is 110 Å². The van der Waals surface area contributed by atoms with Crippen LogP contribution in [0, 0.1) is 0 Å². The quantitative estimate of drug-likeness (QED) is 0.707. The van der Waals surface area contributed by atoms with E-state index in [0.29, 0.717) is 19.1 Å². The molecule has 0 saturated heterocycles. The van der Waals surface area contributed by atoms with E-state index in [-0.39, 0.29) is 4.75 Å². The summed E-state index contributed by atoms with van der Waals surface area (Å²) >= 11 is 1.66. The van der Waals surface area contributed by atoms with Crippen molar-refractivity contribution >= 4 is 21.8 Å². The number of hydrogen-bond donors (Lipinski definition) is 2. The molecule has 6 heteroatoms. The van der Waals surface area contributed by atoms with Crippen LogP contribution in [-0.2, 0) is 10.0 Å². The first kappa shape index (κ1) is 17.2. The molecule has 0 amide bonds.